The Morgan fingerprint density at radius 2 is 2.22 bits per heavy atom. The molecular formula is C14H17N3O. The molecule has 0 atom stereocenters. The molecule has 0 fully saturated rings. The van der Waals surface area contributed by atoms with Crippen molar-refractivity contribution in [3.05, 3.63) is 41.0 Å². The molecule has 0 saturated heterocycles. The summed E-state index contributed by atoms with van der Waals surface area (Å²) in [5, 5.41) is 4.41. The van der Waals surface area contributed by atoms with Crippen LogP contribution in [0.1, 0.15) is 40.3 Å². The van der Waals surface area contributed by atoms with Gasteiger partial charge in [-0.2, -0.15) is 5.10 Å². The van der Waals surface area contributed by atoms with E-state index in [-0.39, 0.29) is 0 Å². The molecule has 0 radical (unpaired) electrons. The van der Waals surface area contributed by atoms with E-state index >= 15 is 0 Å². The smallest absolute Gasteiger partial charge is 0.164 e. The number of hydrogen-bond donors (Lipinski definition) is 0. The zero-order valence-corrected chi connectivity index (χ0v) is 10.8. The van der Waals surface area contributed by atoms with Crippen molar-refractivity contribution in [2.45, 2.75) is 32.7 Å². The maximum atomic E-state index is 11.9. The van der Waals surface area contributed by atoms with Crippen molar-refractivity contribution in [3.8, 4) is 0 Å². The molecule has 2 aromatic heterocycles. The summed E-state index contributed by atoms with van der Waals surface area (Å²) in [6, 6.07) is 4.05. The van der Waals surface area contributed by atoms with Crippen molar-refractivity contribution < 1.29 is 4.79 Å². The summed E-state index contributed by atoms with van der Waals surface area (Å²) in [5.41, 5.74) is 4.31. The Kier molecular flexibility index (Phi) is 2.58. The van der Waals surface area contributed by atoms with Crippen molar-refractivity contribution in [3.63, 3.8) is 0 Å². The predicted octanol–water partition coefficient (Wildman–Crippen LogP) is 2.10. The lowest BCUT2D eigenvalue weighted by molar-refractivity contribution is 0.0972. The van der Waals surface area contributed by atoms with Gasteiger partial charge in [-0.1, -0.05) is 0 Å². The molecule has 0 spiro atoms. The minimum absolute atomic E-state index is 0.291. The summed E-state index contributed by atoms with van der Waals surface area (Å²) in [7, 11) is 1.92. The molecule has 0 unspecified atom stereocenters. The minimum atomic E-state index is 0.291. The van der Waals surface area contributed by atoms with Crippen LogP contribution in [0.3, 0.4) is 0 Å². The van der Waals surface area contributed by atoms with Crippen LogP contribution in [-0.2, 0) is 20.0 Å². The highest BCUT2D eigenvalue weighted by Gasteiger charge is 2.22. The number of nitrogens with zero attached hydrogens (tertiary/aromatic N) is 3. The quantitative estimate of drug-likeness (QED) is 0.810. The normalized spacial score (nSPS) is 14.9. The van der Waals surface area contributed by atoms with Gasteiger partial charge in [-0.05, 0) is 31.9 Å². The van der Waals surface area contributed by atoms with Crippen molar-refractivity contribution in [2.24, 2.45) is 7.05 Å². The van der Waals surface area contributed by atoms with E-state index in [0.29, 0.717) is 12.2 Å². The van der Waals surface area contributed by atoms with Gasteiger partial charge in [-0.15, -0.1) is 0 Å². The minimum Gasteiger partial charge on any atom is -0.342 e. The van der Waals surface area contributed by atoms with E-state index in [4.69, 9.17) is 0 Å². The Labute approximate surface area is 106 Å². The highest BCUT2D eigenvalue weighted by molar-refractivity contribution is 5.98. The maximum Gasteiger partial charge on any atom is 0.164 e. The van der Waals surface area contributed by atoms with Gasteiger partial charge >= 0.3 is 0 Å². The number of Topliss-reactive ketones (excluding diaryl/α,β-unsaturated/α-hetero) is 1. The monoisotopic (exact) mass is 243 g/mol. The topological polar surface area (TPSA) is 39.8 Å². The molecule has 0 saturated carbocycles. The summed E-state index contributed by atoms with van der Waals surface area (Å²) in [4.78, 5) is 11.9. The van der Waals surface area contributed by atoms with Crippen LogP contribution in [0.15, 0.2) is 18.3 Å². The number of hydrogen-bond acceptors (Lipinski definition) is 2. The maximum absolute atomic E-state index is 11.9. The van der Waals surface area contributed by atoms with E-state index in [0.717, 1.165) is 36.3 Å². The zero-order valence-electron chi connectivity index (χ0n) is 10.8. The number of carbonyl (C=O) groups is 1. The van der Waals surface area contributed by atoms with Gasteiger partial charge in [-0.25, -0.2) is 0 Å². The van der Waals surface area contributed by atoms with Gasteiger partial charge < -0.3 is 4.57 Å². The van der Waals surface area contributed by atoms with Crippen LogP contribution in [0.5, 0.6) is 0 Å². The summed E-state index contributed by atoms with van der Waals surface area (Å²) < 4.78 is 4.04. The van der Waals surface area contributed by atoms with Crippen LogP contribution in [0.4, 0.5) is 0 Å². The van der Waals surface area contributed by atoms with Crippen LogP contribution in [0, 0.1) is 6.92 Å². The molecular weight excluding hydrogens is 226 g/mol. The molecule has 1 aliphatic rings. The molecule has 0 amide bonds. The summed E-state index contributed by atoms with van der Waals surface area (Å²) in [5.74, 6) is 0.291. The molecule has 94 valence electrons. The van der Waals surface area contributed by atoms with Gasteiger partial charge in [-0.3, -0.25) is 9.48 Å². The molecule has 0 aromatic carbocycles. The average molecular weight is 243 g/mol. The van der Waals surface area contributed by atoms with Crippen molar-refractivity contribution in [2.75, 3.05) is 0 Å². The molecule has 18 heavy (non-hydrogen) atoms. The number of ketones is 1. The Bertz CT molecular complexity index is 607. The third-order valence-corrected chi connectivity index (χ3v) is 3.62. The number of aromatic nitrogens is 3. The van der Waals surface area contributed by atoms with E-state index in [1.54, 1.807) is 0 Å². The Balaban J connectivity index is 1.99. The van der Waals surface area contributed by atoms with Crippen LogP contribution in [0.2, 0.25) is 0 Å². The average Bonchev–Trinajstić information content (AvgIpc) is 2.87. The third-order valence-electron chi connectivity index (χ3n) is 3.62. The number of carbonyl (C=O) groups excluding carboxylic acids is 1. The SMILES string of the molecule is Cc1cc2c(n1Cc1ccn(C)n1)CCCC2=O. The first-order valence-corrected chi connectivity index (χ1v) is 6.36. The van der Waals surface area contributed by atoms with E-state index < -0.39 is 0 Å². The van der Waals surface area contributed by atoms with Gasteiger partial charge in [0.05, 0.1) is 12.2 Å². The van der Waals surface area contributed by atoms with E-state index in [1.165, 1.54) is 5.69 Å². The van der Waals surface area contributed by atoms with Gasteiger partial charge in [0, 0.05) is 36.6 Å². The molecule has 2 heterocycles. The van der Waals surface area contributed by atoms with E-state index in [9.17, 15) is 4.79 Å². The summed E-state index contributed by atoms with van der Waals surface area (Å²) in [6.07, 6.45) is 4.62. The standard InChI is InChI=1S/C14H17N3O/c1-10-8-12-13(4-3-5-14(12)18)17(10)9-11-6-7-16(2)15-11/h6-8H,3-5,9H2,1-2H3. The molecule has 0 N–H and O–H groups in total. The number of fused-ring (bicyclic) bond motifs is 1. The molecule has 4 heteroatoms. The van der Waals surface area contributed by atoms with Crippen molar-refractivity contribution in [1.82, 2.24) is 14.3 Å². The molecule has 2 aromatic rings. The molecule has 0 bridgehead atoms. The Morgan fingerprint density at radius 1 is 1.39 bits per heavy atom. The first-order valence-electron chi connectivity index (χ1n) is 6.36. The first kappa shape index (κ1) is 11.3. The first-order chi connectivity index (χ1) is 8.65. The van der Waals surface area contributed by atoms with Crippen LogP contribution >= 0.6 is 0 Å². The van der Waals surface area contributed by atoms with Gasteiger partial charge in [0.1, 0.15) is 0 Å². The number of aryl methyl sites for hydroxylation is 2. The highest BCUT2D eigenvalue weighted by atomic mass is 16.1. The fraction of sp³-hybridized carbons (Fsp3) is 0.429. The Morgan fingerprint density at radius 3 is 2.94 bits per heavy atom. The zero-order chi connectivity index (χ0) is 12.7. The van der Waals surface area contributed by atoms with Crippen molar-refractivity contribution >= 4 is 5.78 Å². The van der Waals surface area contributed by atoms with E-state index in [2.05, 4.69) is 16.6 Å². The second-order valence-corrected chi connectivity index (χ2v) is 4.99. The lowest BCUT2D eigenvalue weighted by Gasteiger charge is -2.15. The van der Waals surface area contributed by atoms with Gasteiger partial charge in [0.15, 0.2) is 5.78 Å². The van der Waals surface area contributed by atoms with Crippen LogP contribution in [0.25, 0.3) is 0 Å². The second-order valence-electron chi connectivity index (χ2n) is 4.99. The van der Waals surface area contributed by atoms with Crippen molar-refractivity contribution in [1.29, 1.82) is 0 Å². The summed E-state index contributed by atoms with van der Waals surface area (Å²) >= 11 is 0. The largest absolute Gasteiger partial charge is 0.342 e. The molecule has 1 aliphatic carbocycles. The Hall–Kier alpha value is -1.84. The third kappa shape index (κ3) is 1.78. The molecule has 3 rings (SSSR count). The fourth-order valence-corrected chi connectivity index (χ4v) is 2.72. The lowest BCUT2D eigenvalue weighted by Crippen LogP contribution is -2.14. The van der Waals surface area contributed by atoms with Crippen LogP contribution < -0.4 is 0 Å². The second kappa shape index (κ2) is 4.12. The summed E-state index contributed by atoms with van der Waals surface area (Å²) in [6.45, 7) is 2.82. The van der Waals surface area contributed by atoms with Crippen LogP contribution in [-0.4, -0.2) is 20.1 Å². The molecule has 4 nitrogen and oxygen atoms in total. The highest BCUT2D eigenvalue weighted by Crippen LogP contribution is 2.25. The molecule has 0 aliphatic heterocycles. The predicted molar refractivity (Wildman–Crippen MR) is 68.7 cm³/mol. The fourth-order valence-electron chi connectivity index (χ4n) is 2.72. The lowest BCUT2D eigenvalue weighted by atomic mass is 9.96. The van der Waals surface area contributed by atoms with Gasteiger partial charge in [0.2, 0.25) is 0 Å². The van der Waals surface area contributed by atoms with Gasteiger partial charge in [0.25, 0.3) is 0 Å². The van der Waals surface area contributed by atoms with E-state index in [1.807, 2.05) is 30.1 Å². The number of rotatable bonds is 2.